The highest BCUT2D eigenvalue weighted by Crippen LogP contribution is 2.41. The second-order valence-corrected chi connectivity index (χ2v) is 8.32. The number of ether oxygens (including phenoxy) is 2. The minimum Gasteiger partial charge on any atom is -0.379 e. The Morgan fingerprint density at radius 3 is 2.89 bits per heavy atom. The van der Waals surface area contributed by atoms with Crippen molar-refractivity contribution in [3.63, 3.8) is 0 Å². The van der Waals surface area contributed by atoms with Gasteiger partial charge in [-0.2, -0.15) is 0 Å². The van der Waals surface area contributed by atoms with Crippen molar-refractivity contribution in [3.8, 4) is 11.4 Å². The van der Waals surface area contributed by atoms with Crippen LogP contribution in [0.3, 0.4) is 0 Å². The molecule has 2 aromatic rings. The summed E-state index contributed by atoms with van der Waals surface area (Å²) in [4.78, 5) is 20.3. The lowest BCUT2D eigenvalue weighted by Crippen LogP contribution is -2.39. The summed E-state index contributed by atoms with van der Waals surface area (Å²) in [5.41, 5.74) is 4.25. The van der Waals surface area contributed by atoms with Crippen LogP contribution in [0.1, 0.15) is 35.3 Å². The van der Waals surface area contributed by atoms with E-state index in [0.29, 0.717) is 13.0 Å². The normalized spacial score (nSPS) is 20.6. The zero-order chi connectivity index (χ0) is 19.3. The monoisotopic (exact) mass is 382 g/mol. The molecule has 0 atom stereocenters. The number of carbonyl (C=O) groups excluding carboxylic acids is 1. The average molecular weight is 382 g/mol. The average Bonchev–Trinajstić information content (AvgIpc) is 3.25. The molecule has 148 valence electrons. The highest BCUT2D eigenvalue weighted by molar-refractivity contribution is 6.09. The molecule has 0 radical (unpaired) electrons. The zero-order valence-electron chi connectivity index (χ0n) is 16.5. The van der Waals surface area contributed by atoms with Gasteiger partial charge in [-0.05, 0) is 31.5 Å². The van der Waals surface area contributed by atoms with E-state index in [0.717, 1.165) is 73.3 Å². The van der Waals surface area contributed by atoms with Gasteiger partial charge in [0.15, 0.2) is 0 Å². The van der Waals surface area contributed by atoms with E-state index in [2.05, 4.69) is 24.1 Å². The lowest BCUT2D eigenvalue weighted by molar-refractivity contribution is -0.0400. The fraction of sp³-hybridized carbons (Fsp3) is 0.524. The van der Waals surface area contributed by atoms with E-state index in [1.54, 1.807) is 4.57 Å². The molecule has 0 amide bonds. The van der Waals surface area contributed by atoms with Crippen molar-refractivity contribution in [1.29, 1.82) is 0 Å². The number of nitrogens with zero attached hydrogens (tertiary/aromatic N) is 3. The Hall–Kier alpha value is -2.22. The van der Waals surface area contributed by atoms with Crippen molar-refractivity contribution in [1.82, 2.24) is 14.5 Å². The third kappa shape index (κ3) is 2.94. The molecule has 0 aliphatic carbocycles. The number of rotatable bonds is 4. The SMILES string of the molecule is CC1(C)Cc2c(c(NCCN3CCOCC3)nc3c2C(=O)n2cccc2-3)CO1. The van der Waals surface area contributed by atoms with E-state index < -0.39 is 0 Å². The van der Waals surface area contributed by atoms with E-state index in [4.69, 9.17) is 14.5 Å². The minimum absolute atomic E-state index is 0.0244. The Morgan fingerprint density at radius 2 is 2.07 bits per heavy atom. The number of fused-ring (bicyclic) bond motifs is 5. The number of morpholine rings is 1. The molecule has 5 rings (SSSR count). The van der Waals surface area contributed by atoms with Crippen LogP contribution in [0.25, 0.3) is 11.4 Å². The first kappa shape index (κ1) is 17.8. The second kappa shape index (κ2) is 6.69. The second-order valence-electron chi connectivity index (χ2n) is 8.32. The molecule has 5 heterocycles. The Labute approximate surface area is 164 Å². The molecule has 1 saturated heterocycles. The maximum atomic E-state index is 13.0. The van der Waals surface area contributed by atoms with Crippen molar-refractivity contribution in [2.24, 2.45) is 0 Å². The lowest BCUT2D eigenvalue weighted by atomic mass is 9.88. The minimum atomic E-state index is -0.287. The summed E-state index contributed by atoms with van der Waals surface area (Å²) in [5, 5.41) is 3.52. The fourth-order valence-corrected chi connectivity index (χ4v) is 4.36. The topological polar surface area (TPSA) is 68.6 Å². The highest BCUT2D eigenvalue weighted by atomic mass is 16.5. The van der Waals surface area contributed by atoms with E-state index >= 15 is 0 Å². The lowest BCUT2D eigenvalue weighted by Gasteiger charge is -2.34. The molecule has 3 aliphatic heterocycles. The molecule has 0 spiro atoms. The highest BCUT2D eigenvalue weighted by Gasteiger charge is 2.38. The summed E-state index contributed by atoms with van der Waals surface area (Å²) in [5.74, 6) is 0.872. The molecular formula is C21H26N4O3. The maximum Gasteiger partial charge on any atom is 0.264 e. The van der Waals surface area contributed by atoms with Gasteiger partial charge in [-0.1, -0.05) is 0 Å². The molecule has 7 nitrogen and oxygen atoms in total. The standard InChI is InChI=1S/C21H26N4O3/c1-21(2)12-14-15(13-28-21)19(22-5-7-24-8-10-27-11-9-24)23-18-16-4-3-6-25(16)20(26)17(14)18/h3-4,6H,5,7-13H2,1-2H3,(H,22,23). The summed E-state index contributed by atoms with van der Waals surface area (Å²) in [6, 6.07) is 3.86. The molecule has 0 unspecified atom stereocenters. The van der Waals surface area contributed by atoms with Crippen LogP contribution < -0.4 is 5.32 Å². The van der Waals surface area contributed by atoms with Crippen LogP contribution in [0.15, 0.2) is 18.3 Å². The first-order chi connectivity index (χ1) is 13.5. The van der Waals surface area contributed by atoms with Crippen LogP contribution in [0.2, 0.25) is 0 Å². The van der Waals surface area contributed by atoms with Gasteiger partial charge in [0.2, 0.25) is 0 Å². The molecule has 0 bridgehead atoms. The van der Waals surface area contributed by atoms with Crippen LogP contribution in [-0.4, -0.2) is 65.4 Å². The molecule has 1 N–H and O–H groups in total. The Balaban J connectivity index is 1.48. The Kier molecular flexibility index (Phi) is 4.26. The van der Waals surface area contributed by atoms with Gasteiger partial charge in [-0.3, -0.25) is 14.3 Å². The van der Waals surface area contributed by atoms with Gasteiger partial charge in [0.05, 0.1) is 36.7 Å². The van der Waals surface area contributed by atoms with Gasteiger partial charge < -0.3 is 14.8 Å². The van der Waals surface area contributed by atoms with Crippen LogP contribution in [0.5, 0.6) is 0 Å². The third-order valence-corrected chi connectivity index (χ3v) is 5.87. The first-order valence-electron chi connectivity index (χ1n) is 10.00. The summed E-state index contributed by atoms with van der Waals surface area (Å²) in [6.07, 6.45) is 2.53. The van der Waals surface area contributed by atoms with E-state index in [1.807, 2.05) is 18.3 Å². The fourth-order valence-electron chi connectivity index (χ4n) is 4.36. The summed E-state index contributed by atoms with van der Waals surface area (Å²) < 4.78 is 13.2. The van der Waals surface area contributed by atoms with Gasteiger partial charge in [0.1, 0.15) is 11.5 Å². The van der Waals surface area contributed by atoms with Crippen molar-refractivity contribution in [2.45, 2.75) is 32.5 Å². The van der Waals surface area contributed by atoms with Gasteiger partial charge in [-0.15, -0.1) is 0 Å². The van der Waals surface area contributed by atoms with Crippen molar-refractivity contribution >= 4 is 11.7 Å². The maximum absolute atomic E-state index is 13.0. The summed E-state index contributed by atoms with van der Waals surface area (Å²) in [7, 11) is 0. The van der Waals surface area contributed by atoms with Crippen LogP contribution in [0, 0.1) is 0 Å². The summed E-state index contributed by atoms with van der Waals surface area (Å²) >= 11 is 0. The molecule has 1 fully saturated rings. The van der Waals surface area contributed by atoms with E-state index in [9.17, 15) is 4.79 Å². The Bertz CT molecular complexity index is 928. The number of aromatic nitrogens is 2. The van der Waals surface area contributed by atoms with Gasteiger partial charge >= 0.3 is 0 Å². The van der Waals surface area contributed by atoms with E-state index in [1.165, 1.54) is 0 Å². The molecule has 3 aliphatic rings. The predicted molar refractivity (Wildman–Crippen MR) is 106 cm³/mol. The third-order valence-electron chi connectivity index (χ3n) is 5.87. The zero-order valence-corrected chi connectivity index (χ0v) is 16.5. The van der Waals surface area contributed by atoms with E-state index in [-0.39, 0.29) is 11.5 Å². The van der Waals surface area contributed by atoms with Gasteiger partial charge in [0.25, 0.3) is 5.91 Å². The molecular weight excluding hydrogens is 356 g/mol. The van der Waals surface area contributed by atoms with Crippen molar-refractivity contribution < 1.29 is 14.3 Å². The summed E-state index contributed by atoms with van der Waals surface area (Å²) in [6.45, 7) is 9.91. The number of nitrogens with one attached hydrogen (secondary N) is 1. The number of anilines is 1. The molecule has 0 saturated carbocycles. The smallest absolute Gasteiger partial charge is 0.264 e. The van der Waals surface area contributed by atoms with Crippen LogP contribution >= 0.6 is 0 Å². The molecule has 0 aromatic carbocycles. The molecule has 28 heavy (non-hydrogen) atoms. The predicted octanol–water partition coefficient (Wildman–Crippen LogP) is 2.15. The largest absolute Gasteiger partial charge is 0.379 e. The van der Waals surface area contributed by atoms with Crippen molar-refractivity contribution in [3.05, 3.63) is 35.0 Å². The van der Waals surface area contributed by atoms with Crippen molar-refractivity contribution in [2.75, 3.05) is 44.7 Å². The first-order valence-corrected chi connectivity index (χ1v) is 10.00. The molecule has 2 aromatic heterocycles. The Morgan fingerprint density at radius 1 is 1.25 bits per heavy atom. The van der Waals surface area contributed by atoms with Gasteiger partial charge in [-0.25, -0.2) is 4.98 Å². The number of hydrogen-bond acceptors (Lipinski definition) is 6. The van der Waals surface area contributed by atoms with Crippen LogP contribution in [0.4, 0.5) is 5.82 Å². The quantitative estimate of drug-likeness (QED) is 0.746. The van der Waals surface area contributed by atoms with Gasteiger partial charge in [0, 0.05) is 44.4 Å². The number of hydrogen-bond donors (Lipinski definition) is 1. The number of pyridine rings is 1. The van der Waals surface area contributed by atoms with Crippen LogP contribution in [-0.2, 0) is 22.5 Å². The molecule has 7 heteroatoms. The number of carbonyl (C=O) groups is 1.